The normalized spacial score (nSPS) is 10.7. The second-order valence-electron chi connectivity index (χ2n) is 6.61. The fourth-order valence-corrected chi connectivity index (χ4v) is 2.54. The quantitative estimate of drug-likeness (QED) is 0.621. The number of rotatable bonds is 6. The summed E-state index contributed by atoms with van der Waals surface area (Å²) in [6.07, 6.45) is 0.0703. The number of carbonyl (C=O) groups is 1. The molecule has 6 nitrogen and oxygen atoms in total. The first kappa shape index (κ1) is 20.2. The van der Waals surface area contributed by atoms with Gasteiger partial charge in [0, 0.05) is 17.4 Å². The van der Waals surface area contributed by atoms with Gasteiger partial charge in [-0.15, -0.1) is 0 Å². The lowest BCUT2D eigenvalue weighted by atomic mass is 10.2. The Morgan fingerprint density at radius 3 is 2.41 bits per heavy atom. The number of hydrogen-bond acceptors (Lipinski definition) is 5. The van der Waals surface area contributed by atoms with Crippen LogP contribution < -0.4 is 15.4 Å². The molecule has 0 aliphatic heterocycles. The number of nitrogens with one attached hydrogen (secondary N) is 2. The van der Waals surface area contributed by atoms with Gasteiger partial charge >= 0.3 is 0 Å². The largest absolute Gasteiger partial charge is 0.491 e. The number of ether oxygens (including phenoxy) is 1. The molecule has 0 aliphatic carbocycles. The second kappa shape index (κ2) is 8.64. The lowest BCUT2D eigenvalue weighted by Gasteiger charge is -2.11. The molecule has 29 heavy (non-hydrogen) atoms. The van der Waals surface area contributed by atoms with Crippen molar-refractivity contribution in [2.45, 2.75) is 26.9 Å². The Morgan fingerprint density at radius 1 is 1.03 bits per heavy atom. The number of anilines is 3. The fourth-order valence-electron chi connectivity index (χ4n) is 2.54. The summed E-state index contributed by atoms with van der Waals surface area (Å²) >= 11 is 0. The smallest absolute Gasteiger partial charge is 0.274 e. The minimum atomic E-state index is -0.869. The highest BCUT2D eigenvalue weighted by atomic mass is 19.1. The lowest BCUT2D eigenvalue weighted by Crippen LogP contribution is -2.16. The van der Waals surface area contributed by atoms with Crippen LogP contribution in [0.4, 0.5) is 26.1 Å². The van der Waals surface area contributed by atoms with Gasteiger partial charge in [0.15, 0.2) is 0 Å². The van der Waals surface area contributed by atoms with E-state index in [1.807, 2.05) is 26.0 Å². The Labute approximate surface area is 167 Å². The zero-order valence-electron chi connectivity index (χ0n) is 16.2. The molecule has 0 atom stereocenters. The third-order valence-corrected chi connectivity index (χ3v) is 3.75. The van der Waals surface area contributed by atoms with Gasteiger partial charge in [-0.3, -0.25) is 4.79 Å². The summed E-state index contributed by atoms with van der Waals surface area (Å²) in [7, 11) is 0. The Kier molecular flexibility index (Phi) is 6.01. The first-order valence-corrected chi connectivity index (χ1v) is 8.96. The number of aromatic nitrogens is 2. The van der Waals surface area contributed by atoms with Crippen LogP contribution in [0.25, 0.3) is 0 Å². The summed E-state index contributed by atoms with van der Waals surface area (Å²) in [6.45, 7) is 5.59. The standard InChI is InChI=1S/C21H20F2N4O2/c1-12(2)29-16-7-5-15(6-8-16)25-21-24-13(3)10-19(27-21)20(28)26-18-9-4-14(22)11-17(18)23/h4-12H,1-3H3,(H,26,28)(H,24,25,27). The van der Waals surface area contributed by atoms with Crippen molar-refractivity contribution in [3.63, 3.8) is 0 Å². The molecular formula is C21H20F2N4O2. The first-order chi connectivity index (χ1) is 13.8. The van der Waals surface area contributed by atoms with E-state index in [4.69, 9.17) is 4.74 Å². The highest BCUT2D eigenvalue weighted by Gasteiger charge is 2.14. The number of benzene rings is 2. The molecule has 0 aliphatic rings. The predicted molar refractivity (Wildman–Crippen MR) is 107 cm³/mol. The van der Waals surface area contributed by atoms with Gasteiger partial charge in [-0.1, -0.05) is 0 Å². The molecule has 3 rings (SSSR count). The highest BCUT2D eigenvalue weighted by molar-refractivity contribution is 6.03. The molecule has 0 saturated carbocycles. The Hall–Kier alpha value is -3.55. The second-order valence-corrected chi connectivity index (χ2v) is 6.61. The number of hydrogen-bond donors (Lipinski definition) is 2. The van der Waals surface area contributed by atoms with Gasteiger partial charge in [-0.2, -0.15) is 0 Å². The zero-order chi connectivity index (χ0) is 21.0. The Morgan fingerprint density at radius 2 is 1.76 bits per heavy atom. The predicted octanol–water partition coefficient (Wildman–Crippen LogP) is 4.85. The van der Waals surface area contributed by atoms with Gasteiger partial charge in [0.25, 0.3) is 5.91 Å². The van der Waals surface area contributed by atoms with Crippen LogP contribution >= 0.6 is 0 Å². The summed E-state index contributed by atoms with van der Waals surface area (Å²) < 4.78 is 32.4. The van der Waals surface area contributed by atoms with Crippen molar-refractivity contribution in [1.29, 1.82) is 0 Å². The molecule has 1 heterocycles. The Balaban J connectivity index is 1.76. The third kappa shape index (κ3) is 5.47. The summed E-state index contributed by atoms with van der Waals surface area (Å²) in [4.78, 5) is 20.9. The lowest BCUT2D eigenvalue weighted by molar-refractivity contribution is 0.102. The molecule has 1 amide bonds. The van der Waals surface area contributed by atoms with Gasteiger partial charge in [-0.05, 0) is 63.2 Å². The van der Waals surface area contributed by atoms with Crippen LogP contribution in [0.2, 0.25) is 0 Å². The monoisotopic (exact) mass is 398 g/mol. The van der Waals surface area contributed by atoms with Crippen molar-refractivity contribution >= 4 is 23.2 Å². The maximum atomic E-state index is 13.8. The van der Waals surface area contributed by atoms with Crippen LogP contribution in [0.15, 0.2) is 48.5 Å². The van der Waals surface area contributed by atoms with Crippen molar-refractivity contribution in [1.82, 2.24) is 9.97 Å². The SMILES string of the molecule is Cc1cc(C(=O)Nc2ccc(F)cc2F)nc(Nc2ccc(OC(C)C)cc2)n1. The molecule has 2 aromatic carbocycles. The molecule has 3 aromatic rings. The average molecular weight is 398 g/mol. The molecule has 1 aromatic heterocycles. The molecule has 0 fully saturated rings. The van der Waals surface area contributed by atoms with E-state index in [1.165, 1.54) is 6.07 Å². The van der Waals surface area contributed by atoms with E-state index in [9.17, 15) is 13.6 Å². The molecule has 150 valence electrons. The number of carbonyl (C=O) groups excluding carboxylic acids is 1. The van der Waals surface area contributed by atoms with Crippen LogP contribution in [0, 0.1) is 18.6 Å². The van der Waals surface area contributed by atoms with Crippen LogP contribution in [-0.2, 0) is 0 Å². The van der Waals surface area contributed by atoms with E-state index in [2.05, 4.69) is 20.6 Å². The van der Waals surface area contributed by atoms with Gasteiger partial charge in [0.05, 0.1) is 11.8 Å². The number of amides is 1. The fraction of sp³-hybridized carbons (Fsp3) is 0.190. The minimum absolute atomic E-state index is 0.0449. The van der Waals surface area contributed by atoms with E-state index in [1.54, 1.807) is 19.1 Å². The molecule has 2 N–H and O–H groups in total. The maximum Gasteiger partial charge on any atom is 0.274 e. The molecular weight excluding hydrogens is 378 g/mol. The molecule has 0 unspecified atom stereocenters. The van der Waals surface area contributed by atoms with E-state index in [-0.39, 0.29) is 23.4 Å². The van der Waals surface area contributed by atoms with Crippen LogP contribution in [0.1, 0.15) is 30.0 Å². The molecule has 0 spiro atoms. The van der Waals surface area contributed by atoms with E-state index >= 15 is 0 Å². The van der Waals surface area contributed by atoms with Gasteiger partial charge in [0.2, 0.25) is 5.95 Å². The van der Waals surface area contributed by atoms with Gasteiger partial charge in [0.1, 0.15) is 23.1 Å². The van der Waals surface area contributed by atoms with Crippen LogP contribution in [-0.4, -0.2) is 22.0 Å². The zero-order valence-corrected chi connectivity index (χ0v) is 16.2. The Bertz CT molecular complexity index is 1020. The van der Waals surface area contributed by atoms with Crippen molar-refractivity contribution in [3.8, 4) is 5.75 Å². The van der Waals surface area contributed by atoms with E-state index in [0.29, 0.717) is 17.4 Å². The van der Waals surface area contributed by atoms with Gasteiger partial charge < -0.3 is 15.4 Å². The van der Waals surface area contributed by atoms with E-state index < -0.39 is 17.5 Å². The summed E-state index contributed by atoms with van der Waals surface area (Å²) in [5.41, 5.74) is 1.17. The number of aryl methyl sites for hydroxylation is 1. The van der Waals surface area contributed by atoms with Crippen molar-refractivity contribution in [2.75, 3.05) is 10.6 Å². The maximum absolute atomic E-state index is 13.8. The highest BCUT2D eigenvalue weighted by Crippen LogP contribution is 2.20. The van der Waals surface area contributed by atoms with Crippen LogP contribution in [0.3, 0.4) is 0 Å². The molecule has 8 heteroatoms. The van der Waals surface area contributed by atoms with Crippen LogP contribution in [0.5, 0.6) is 5.75 Å². The third-order valence-electron chi connectivity index (χ3n) is 3.75. The average Bonchev–Trinajstić information content (AvgIpc) is 2.64. The summed E-state index contributed by atoms with van der Waals surface area (Å²) in [5, 5.41) is 5.40. The first-order valence-electron chi connectivity index (χ1n) is 8.96. The minimum Gasteiger partial charge on any atom is -0.491 e. The van der Waals surface area contributed by atoms with Crippen molar-refractivity contribution < 1.29 is 18.3 Å². The summed E-state index contributed by atoms with van der Waals surface area (Å²) in [5.74, 6) is -1.28. The van der Waals surface area contributed by atoms with Gasteiger partial charge in [-0.25, -0.2) is 18.7 Å². The van der Waals surface area contributed by atoms with Crippen molar-refractivity contribution in [3.05, 3.63) is 71.6 Å². The number of nitrogens with zero attached hydrogens (tertiary/aromatic N) is 2. The topological polar surface area (TPSA) is 76.1 Å². The molecule has 0 saturated heterocycles. The van der Waals surface area contributed by atoms with Crippen molar-refractivity contribution in [2.24, 2.45) is 0 Å². The molecule has 0 bridgehead atoms. The number of halogens is 2. The molecule has 0 radical (unpaired) electrons. The summed E-state index contributed by atoms with van der Waals surface area (Å²) in [6, 6.07) is 11.6. The van der Waals surface area contributed by atoms with E-state index in [0.717, 1.165) is 17.9 Å².